The summed E-state index contributed by atoms with van der Waals surface area (Å²) >= 11 is 0. The SMILES string of the molecule is O=C[C@]1(O)C[C@@H]2C=C[C@H]1C2. The fourth-order valence-corrected chi connectivity index (χ4v) is 2.00. The van der Waals surface area contributed by atoms with Gasteiger partial charge in [0.05, 0.1) is 0 Å². The van der Waals surface area contributed by atoms with Gasteiger partial charge in [-0.15, -0.1) is 0 Å². The molecule has 0 heterocycles. The Labute approximate surface area is 59.5 Å². The Morgan fingerprint density at radius 1 is 1.60 bits per heavy atom. The molecule has 0 aliphatic heterocycles. The zero-order valence-corrected chi connectivity index (χ0v) is 5.66. The van der Waals surface area contributed by atoms with E-state index < -0.39 is 5.60 Å². The van der Waals surface area contributed by atoms with E-state index in [0.717, 1.165) is 6.42 Å². The van der Waals surface area contributed by atoms with Crippen molar-refractivity contribution in [1.29, 1.82) is 0 Å². The smallest absolute Gasteiger partial charge is 0.152 e. The van der Waals surface area contributed by atoms with Gasteiger partial charge in [0.15, 0.2) is 6.29 Å². The monoisotopic (exact) mass is 138 g/mol. The lowest BCUT2D eigenvalue weighted by Gasteiger charge is -2.22. The summed E-state index contributed by atoms with van der Waals surface area (Å²) in [6, 6.07) is 0. The van der Waals surface area contributed by atoms with Crippen LogP contribution in [0.15, 0.2) is 12.2 Å². The predicted molar refractivity (Wildman–Crippen MR) is 36.4 cm³/mol. The first-order valence-corrected chi connectivity index (χ1v) is 3.61. The quantitative estimate of drug-likeness (QED) is 0.423. The predicted octanol–water partition coefficient (Wildman–Crippen LogP) is 0.512. The van der Waals surface area contributed by atoms with Gasteiger partial charge in [-0.05, 0) is 18.8 Å². The van der Waals surface area contributed by atoms with Crippen molar-refractivity contribution >= 4 is 6.29 Å². The van der Waals surface area contributed by atoms with Crippen LogP contribution in [0.25, 0.3) is 0 Å². The fourth-order valence-electron chi connectivity index (χ4n) is 2.00. The number of hydrogen-bond donors (Lipinski definition) is 1. The minimum Gasteiger partial charge on any atom is -0.382 e. The molecule has 2 rings (SSSR count). The fraction of sp³-hybridized carbons (Fsp3) is 0.625. The number of fused-ring (bicyclic) bond motifs is 2. The maximum atomic E-state index is 10.4. The van der Waals surface area contributed by atoms with E-state index in [1.165, 1.54) is 0 Å². The molecule has 2 aliphatic carbocycles. The van der Waals surface area contributed by atoms with Crippen LogP contribution in [0.3, 0.4) is 0 Å². The third kappa shape index (κ3) is 0.598. The van der Waals surface area contributed by atoms with Crippen molar-refractivity contribution in [2.45, 2.75) is 18.4 Å². The van der Waals surface area contributed by atoms with E-state index in [0.29, 0.717) is 18.6 Å². The standard InChI is InChI=1S/C8H10O2/c9-5-8(10)4-6-1-2-7(8)3-6/h1-2,5-7,10H,3-4H2/t6-,7+,8-/m1/s1. The van der Waals surface area contributed by atoms with Crippen LogP contribution in [0.1, 0.15) is 12.8 Å². The Bertz CT molecular complexity index is 197. The number of hydrogen-bond acceptors (Lipinski definition) is 2. The molecular formula is C8H10O2. The van der Waals surface area contributed by atoms with Gasteiger partial charge in [-0.3, -0.25) is 0 Å². The number of aliphatic hydroxyl groups is 1. The van der Waals surface area contributed by atoms with Gasteiger partial charge in [0, 0.05) is 5.92 Å². The normalized spacial score (nSPS) is 50.1. The highest BCUT2D eigenvalue weighted by Gasteiger charge is 2.46. The van der Waals surface area contributed by atoms with E-state index in [1.54, 1.807) is 0 Å². The lowest BCUT2D eigenvalue weighted by Crippen LogP contribution is -2.34. The second-order valence-corrected chi connectivity index (χ2v) is 3.30. The van der Waals surface area contributed by atoms with Crippen LogP contribution in [-0.4, -0.2) is 17.0 Å². The number of allylic oxidation sites excluding steroid dienone is 1. The van der Waals surface area contributed by atoms with Gasteiger partial charge in [-0.1, -0.05) is 12.2 Å². The number of aldehydes is 1. The van der Waals surface area contributed by atoms with Crippen LogP contribution in [-0.2, 0) is 4.79 Å². The van der Waals surface area contributed by atoms with Crippen molar-refractivity contribution in [2.75, 3.05) is 0 Å². The highest BCUT2D eigenvalue weighted by molar-refractivity contribution is 5.65. The second kappa shape index (κ2) is 1.70. The van der Waals surface area contributed by atoms with Crippen LogP contribution in [0.4, 0.5) is 0 Å². The maximum Gasteiger partial charge on any atom is 0.152 e. The lowest BCUT2D eigenvalue weighted by molar-refractivity contribution is -0.126. The Morgan fingerprint density at radius 3 is 2.70 bits per heavy atom. The molecule has 0 spiro atoms. The van der Waals surface area contributed by atoms with Crippen molar-refractivity contribution in [1.82, 2.24) is 0 Å². The Balaban J connectivity index is 2.30. The molecule has 1 N–H and O–H groups in total. The summed E-state index contributed by atoms with van der Waals surface area (Å²) < 4.78 is 0. The molecule has 0 unspecified atom stereocenters. The van der Waals surface area contributed by atoms with Crippen LogP contribution in [0.5, 0.6) is 0 Å². The van der Waals surface area contributed by atoms with Gasteiger partial charge >= 0.3 is 0 Å². The third-order valence-electron chi connectivity index (χ3n) is 2.61. The first kappa shape index (κ1) is 6.10. The van der Waals surface area contributed by atoms with Gasteiger partial charge in [-0.2, -0.15) is 0 Å². The molecule has 0 aromatic heterocycles. The van der Waals surface area contributed by atoms with E-state index in [-0.39, 0.29) is 5.92 Å². The molecule has 54 valence electrons. The van der Waals surface area contributed by atoms with Gasteiger partial charge in [0.2, 0.25) is 0 Å². The highest BCUT2D eigenvalue weighted by atomic mass is 16.3. The molecular weight excluding hydrogens is 128 g/mol. The summed E-state index contributed by atoms with van der Waals surface area (Å²) in [6.07, 6.45) is 6.36. The van der Waals surface area contributed by atoms with Crippen molar-refractivity contribution in [3.63, 3.8) is 0 Å². The second-order valence-electron chi connectivity index (χ2n) is 3.30. The molecule has 1 saturated carbocycles. The lowest BCUT2D eigenvalue weighted by atomic mass is 9.90. The molecule has 3 atom stereocenters. The molecule has 2 heteroatoms. The van der Waals surface area contributed by atoms with Crippen LogP contribution < -0.4 is 0 Å². The molecule has 0 aromatic carbocycles. The summed E-state index contributed by atoms with van der Waals surface area (Å²) in [6.45, 7) is 0. The van der Waals surface area contributed by atoms with Crippen molar-refractivity contribution < 1.29 is 9.90 Å². The average Bonchev–Trinajstić information content (AvgIpc) is 2.46. The summed E-state index contributed by atoms with van der Waals surface area (Å²) in [5, 5.41) is 9.57. The summed E-state index contributed by atoms with van der Waals surface area (Å²) in [4.78, 5) is 10.4. The number of carbonyl (C=O) groups is 1. The topological polar surface area (TPSA) is 37.3 Å². The Kier molecular flexibility index (Phi) is 1.04. The minimum absolute atomic E-state index is 0.106. The van der Waals surface area contributed by atoms with Crippen LogP contribution in [0.2, 0.25) is 0 Å². The third-order valence-corrected chi connectivity index (χ3v) is 2.61. The first-order valence-electron chi connectivity index (χ1n) is 3.61. The van der Waals surface area contributed by atoms with Gasteiger partial charge in [0.25, 0.3) is 0 Å². The van der Waals surface area contributed by atoms with Gasteiger partial charge in [-0.25, -0.2) is 0 Å². The number of carbonyl (C=O) groups excluding carboxylic acids is 1. The minimum atomic E-state index is -1.01. The summed E-state index contributed by atoms with van der Waals surface area (Å²) in [7, 11) is 0. The highest BCUT2D eigenvalue weighted by Crippen LogP contribution is 2.44. The number of rotatable bonds is 1. The first-order chi connectivity index (χ1) is 4.74. The Morgan fingerprint density at radius 2 is 2.40 bits per heavy atom. The average molecular weight is 138 g/mol. The molecule has 0 amide bonds. The molecule has 1 fully saturated rings. The molecule has 10 heavy (non-hydrogen) atoms. The van der Waals surface area contributed by atoms with Crippen molar-refractivity contribution in [3.05, 3.63) is 12.2 Å². The summed E-state index contributed by atoms with van der Waals surface area (Å²) in [5.41, 5.74) is -1.01. The molecule has 0 aromatic rings. The zero-order chi connectivity index (χ0) is 7.19. The van der Waals surface area contributed by atoms with Crippen molar-refractivity contribution in [3.8, 4) is 0 Å². The van der Waals surface area contributed by atoms with E-state index >= 15 is 0 Å². The van der Waals surface area contributed by atoms with Crippen LogP contribution >= 0.6 is 0 Å². The molecule has 2 aliphatic rings. The molecule has 2 nitrogen and oxygen atoms in total. The molecule has 2 bridgehead atoms. The van der Waals surface area contributed by atoms with E-state index in [4.69, 9.17) is 0 Å². The van der Waals surface area contributed by atoms with Gasteiger partial charge in [0.1, 0.15) is 5.60 Å². The zero-order valence-electron chi connectivity index (χ0n) is 5.66. The van der Waals surface area contributed by atoms with E-state index in [1.807, 2.05) is 6.08 Å². The van der Waals surface area contributed by atoms with Gasteiger partial charge < -0.3 is 9.90 Å². The van der Waals surface area contributed by atoms with Crippen molar-refractivity contribution in [2.24, 2.45) is 11.8 Å². The molecule has 0 radical (unpaired) electrons. The van der Waals surface area contributed by atoms with E-state index in [2.05, 4.69) is 6.08 Å². The Hall–Kier alpha value is -0.630. The molecule has 0 saturated heterocycles. The van der Waals surface area contributed by atoms with E-state index in [9.17, 15) is 9.90 Å². The maximum absolute atomic E-state index is 10.4. The summed E-state index contributed by atoms with van der Waals surface area (Å²) in [5.74, 6) is 0.565. The largest absolute Gasteiger partial charge is 0.382 e. The van der Waals surface area contributed by atoms with Crippen LogP contribution in [0, 0.1) is 11.8 Å².